The molecular formula is C21H20N2O4S. The molecule has 2 aromatic rings. The van der Waals surface area contributed by atoms with Gasteiger partial charge in [0.15, 0.2) is 0 Å². The van der Waals surface area contributed by atoms with Crippen LogP contribution < -0.4 is 10.1 Å². The Morgan fingerprint density at radius 2 is 1.79 bits per heavy atom. The van der Waals surface area contributed by atoms with Crippen LogP contribution in [0.3, 0.4) is 0 Å². The highest BCUT2D eigenvalue weighted by Crippen LogP contribution is 2.32. The number of rotatable bonds is 6. The number of hydrogen-bond donors (Lipinski definition) is 1. The van der Waals surface area contributed by atoms with Crippen LogP contribution in [0, 0.1) is 6.92 Å². The molecule has 2 aromatic carbocycles. The van der Waals surface area contributed by atoms with Crippen LogP contribution in [0.2, 0.25) is 0 Å². The number of nitrogens with one attached hydrogen (secondary N) is 1. The van der Waals surface area contributed by atoms with Gasteiger partial charge in [-0.1, -0.05) is 29.8 Å². The second-order valence-electron chi connectivity index (χ2n) is 6.23. The number of hydrogen-bond acceptors (Lipinski definition) is 5. The van der Waals surface area contributed by atoms with Crippen molar-refractivity contribution in [1.29, 1.82) is 0 Å². The molecule has 0 unspecified atom stereocenters. The molecule has 1 N–H and O–H groups in total. The third-order valence-corrected chi connectivity index (χ3v) is 5.13. The molecule has 6 nitrogen and oxygen atoms in total. The molecule has 1 fully saturated rings. The maximum absolute atomic E-state index is 12.5. The molecule has 0 aliphatic carbocycles. The molecule has 144 valence electrons. The van der Waals surface area contributed by atoms with E-state index >= 15 is 0 Å². The SMILES string of the molecule is COc1ccc(/C=C2\SC(=O)N(CCNC(=O)c3ccc(C)cc3)C2=O)cc1. The monoisotopic (exact) mass is 396 g/mol. The number of thioether (sulfide) groups is 1. The summed E-state index contributed by atoms with van der Waals surface area (Å²) >= 11 is 0.898. The third kappa shape index (κ3) is 4.61. The topological polar surface area (TPSA) is 75.7 Å². The van der Waals surface area contributed by atoms with E-state index in [-0.39, 0.29) is 30.1 Å². The van der Waals surface area contributed by atoms with Gasteiger partial charge in [-0.05, 0) is 54.6 Å². The smallest absolute Gasteiger partial charge is 0.293 e. The van der Waals surface area contributed by atoms with E-state index in [9.17, 15) is 14.4 Å². The minimum Gasteiger partial charge on any atom is -0.497 e. The Balaban J connectivity index is 1.58. The zero-order valence-electron chi connectivity index (χ0n) is 15.6. The third-order valence-electron chi connectivity index (χ3n) is 4.22. The lowest BCUT2D eigenvalue weighted by Gasteiger charge is -2.13. The second-order valence-corrected chi connectivity index (χ2v) is 7.22. The highest BCUT2D eigenvalue weighted by atomic mass is 32.2. The van der Waals surface area contributed by atoms with Gasteiger partial charge in [-0.15, -0.1) is 0 Å². The van der Waals surface area contributed by atoms with E-state index in [4.69, 9.17) is 4.74 Å². The number of aryl methyl sites for hydroxylation is 1. The predicted octanol–water partition coefficient (Wildman–Crippen LogP) is 3.47. The lowest BCUT2D eigenvalue weighted by atomic mass is 10.1. The molecule has 1 aliphatic heterocycles. The van der Waals surface area contributed by atoms with Gasteiger partial charge >= 0.3 is 0 Å². The summed E-state index contributed by atoms with van der Waals surface area (Å²) in [5.74, 6) is 0.130. The summed E-state index contributed by atoms with van der Waals surface area (Å²) < 4.78 is 5.11. The van der Waals surface area contributed by atoms with Crippen LogP contribution in [-0.4, -0.2) is 42.2 Å². The molecule has 1 heterocycles. The Morgan fingerprint density at radius 3 is 2.43 bits per heavy atom. The summed E-state index contributed by atoms with van der Waals surface area (Å²) in [5, 5.41) is 2.40. The highest BCUT2D eigenvalue weighted by Gasteiger charge is 2.34. The van der Waals surface area contributed by atoms with Crippen molar-refractivity contribution < 1.29 is 19.1 Å². The van der Waals surface area contributed by atoms with E-state index in [2.05, 4.69) is 5.32 Å². The van der Waals surface area contributed by atoms with E-state index < -0.39 is 0 Å². The van der Waals surface area contributed by atoms with Crippen molar-refractivity contribution in [3.63, 3.8) is 0 Å². The minimum atomic E-state index is -0.351. The van der Waals surface area contributed by atoms with Gasteiger partial charge < -0.3 is 10.1 Å². The number of carbonyl (C=O) groups excluding carboxylic acids is 3. The Labute approximate surface area is 167 Å². The van der Waals surface area contributed by atoms with Crippen molar-refractivity contribution in [1.82, 2.24) is 10.2 Å². The summed E-state index contributed by atoms with van der Waals surface area (Å²) in [7, 11) is 1.58. The average Bonchev–Trinajstić information content (AvgIpc) is 2.96. The molecule has 28 heavy (non-hydrogen) atoms. The fourth-order valence-electron chi connectivity index (χ4n) is 2.63. The Kier molecular flexibility index (Phi) is 6.16. The summed E-state index contributed by atoms with van der Waals surface area (Å²) in [6.45, 7) is 2.27. The van der Waals surface area contributed by atoms with E-state index in [1.54, 1.807) is 37.5 Å². The van der Waals surface area contributed by atoms with Gasteiger partial charge in [0, 0.05) is 18.7 Å². The maximum atomic E-state index is 12.5. The number of nitrogens with zero attached hydrogens (tertiary/aromatic N) is 1. The van der Waals surface area contributed by atoms with Crippen molar-refractivity contribution in [3.05, 3.63) is 70.1 Å². The number of carbonyl (C=O) groups is 3. The van der Waals surface area contributed by atoms with Gasteiger partial charge in [-0.25, -0.2) is 0 Å². The first kappa shape index (κ1) is 19.7. The molecule has 0 atom stereocenters. The van der Waals surface area contributed by atoms with Crippen molar-refractivity contribution >= 4 is 34.9 Å². The largest absolute Gasteiger partial charge is 0.497 e. The first-order chi connectivity index (χ1) is 13.5. The van der Waals surface area contributed by atoms with E-state index in [0.29, 0.717) is 10.5 Å². The van der Waals surface area contributed by atoms with Crippen LogP contribution >= 0.6 is 11.8 Å². The summed E-state index contributed by atoms with van der Waals surface area (Å²) in [4.78, 5) is 38.3. The molecule has 0 spiro atoms. The second kappa shape index (κ2) is 8.75. The van der Waals surface area contributed by atoms with Crippen LogP contribution in [0.1, 0.15) is 21.5 Å². The molecule has 0 radical (unpaired) electrons. The van der Waals surface area contributed by atoms with Crippen LogP contribution in [-0.2, 0) is 4.79 Å². The number of amides is 3. The van der Waals surface area contributed by atoms with Crippen LogP contribution in [0.5, 0.6) is 5.75 Å². The van der Waals surface area contributed by atoms with E-state index in [1.165, 1.54) is 0 Å². The molecule has 3 amide bonds. The minimum absolute atomic E-state index is 0.127. The average molecular weight is 396 g/mol. The van der Waals surface area contributed by atoms with Gasteiger partial charge in [0.2, 0.25) is 0 Å². The highest BCUT2D eigenvalue weighted by molar-refractivity contribution is 8.18. The quantitative estimate of drug-likeness (QED) is 0.757. The molecule has 0 bridgehead atoms. The zero-order chi connectivity index (χ0) is 20.1. The Hall–Kier alpha value is -3.06. The van der Waals surface area contributed by atoms with Crippen molar-refractivity contribution in [2.45, 2.75) is 6.92 Å². The predicted molar refractivity (Wildman–Crippen MR) is 109 cm³/mol. The fourth-order valence-corrected chi connectivity index (χ4v) is 3.50. The van der Waals surface area contributed by atoms with Crippen molar-refractivity contribution in [2.75, 3.05) is 20.2 Å². The number of imide groups is 1. The number of methoxy groups -OCH3 is 1. The lowest BCUT2D eigenvalue weighted by Crippen LogP contribution is -2.37. The summed E-state index contributed by atoms with van der Waals surface area (Å²) in [6.07, 6.45) is 1.68. The standard InChI is InChI=1S/C21H20N2O4S/c1-14-3-7-16(8-4-14)19(24)22-11-12-23-20(25)18(28-21(23)26)13-15-5-9-17(27-2)10-6-15/h3-10,13H,11-12H2,1-2H3,(H,22,24)/b18-13-. The van der Waals surface area contributed by atoms with Crippen molar-refractivity contribution in [2.24, 2.45) is 0 Å². The zero-order valence-corrected chi connectivity index (χ0v) is 16.4. The molecule has 0 aromatic heterocycles. The van der Waals surface area contributed by atoms with E-state index in [1.807, 2.05) is 31.2 Å². The van der Waals surface area contributed by atoms with Crippen LogP contribution in [0.25, 0.3) is 6.08 Å². The Morgan fingerprint density at radius 1 is 1.11 bits per heavy atom. The first-order valence-corrected chi connectivity index (χ1v) is 9.54. The normalized spacial score (nSPS) is 15.2. The van der Waals surface area contributed by atoms with E-state index in [0.717, 1.165) is 33.5 Å². The van der Waals surface area contributed by atoms with Gasteiger partial charge in [0.05, 0.1) is 12.0 Å². The van der Waals surface area contributed by atoms with Gasteiger partial charge in [0.25, 0.3) is 17.1 Å². The molecule has 7 heteroatoms. The van der Waals surface area contributed by atoms with Gasteiger partial charge in [-0.2, -0.15) is 0 Å². The van der Waals surface area contributed by atoms with Gasteiger partial charge in [-0.3, -0.25) is 19.3 Å². The number of benzene rings is 2. The number of ether oxygens (including phenoxy) is 1. The van der Waals surface area contributed by atoms with Gasteiger partial charge in [0.1, 0.15) is 5.75 Å². The molecular weight excluding hydrogens is 376 g/mol. The first-order valence-electron chi connectivity index (χ1n) is 8.72. The van der Waals surface area contributed by atoms with Crippen LogP contribution in [0.15, 0.2) is 53.4 Å². The fraction of sp³-hybridized carbons (Fsp3) is 0.190. The summed E-state index contributed by atoms with van der Waals surface area (Å²) in [5.41, 5.74) is 2.41. The molecule has 1 saturated heterocycles. The summed E-state index contributed by atoms with van der Waals surface area (Å²) in [6, 6.07) is 14.4. The maximum Gasteiger partial charge on any atom is 0.293 e. The molecule has 0 saturated carbocycles. The van der Waals surface area contributed by atoms with Crippen LogP contribution in [0.4, 0.5) is 4.79 Å². The van der Waals surface area contributed by atoms with Crippen molar-refractivity contribution in [3.8, 4) is 5.75 Å². The Bertz CT molecular complexity index is 920. The lowest BCUT2D eigenvalue weighted by molar-refractivity contribution is -0.122. The molecule has 3 rings (SSSR count). The molecule has 1 aliphatic rings.